The summed E-state index contributed by atoms with van der Waals surface area (Å²) in [5, 5.41) is 11.7. The molecule has 0 N–H and O–H groups in total. The van der Waals surface area contributed by atoms with E-state index in [9.17, 15) is 19.5 Å². The molecular formula is C44H83NO8. The van der Waals surface area contributed by atoms with Crippen molar-refractivity contribution in [2.24, 2.45) is 0 Å². The number of carboxylic acid groups (broad SMARTS) is 1. The zero-order valence-electron chi connectivity index (χ0n) is 35.2. The number of hydrogen-bond acceptors (Lipinski definition) is 8. The standard InChI is InChI=1S/C44H83NO8/c1-6-8-10-12-14-16-18-19-20-21-22-23-25-27-29-31-33-35-42(47)53-40(39-52-44(43(48)49)50-37-36-45(3,4)5)38-51-41(46)34-32-30-28-26-24-17-15-13-11-9-7-2/h19-20,40,44H,6-18,21-39H2,1-5H3/b20-19-. The average molecular weight is 754 g/mol. The predicted molar refractivity (Wildman–Crippen MR) is 214 cm³/mol. The molecule has 0 aromatic heterocycles. The third-order valence-corrected chi connectivity index (χ3v) is 9.51. The van der Waals surface area contributed by atoms with Gasteiger partial charge in [-0.1, -0.05) is 154 Å². The Morgan fingerprint density at radius 1 is 0.547 bits per heavy atom. The van der Waals surface area contributed by atoms with E-state index in [0.717, 1.165) is 44.9 Å². The van der Waals surface area contributed by atoms with Crippen molar-refractivity contribution in [3.63, 3.8) is 0 Å². The van der Waals surface area contributed by atoms with E-state index in [1.807, 2.05) is 21.1 Å². The summed E-state index contributed by atoms with van der Waals surface area (Å²) in [7, 11) is 5.91. The molecule has 2 atom stereocenters. The number of allylic oxidation sites excluding steroid dienone is 2. The van der Waals surface area contributed by atoms with Gasteiger partial charge >= 0.3 is 11.9 Å². The van der Waals surface area contributed by atoms with Gasteiger partial charge in [-0.3, -0.25) is 9.59 Å². The fourth-order valence-electron chi connectivity index (χ4n) is 6.06. The van der Waals surface area contributed by atoms with E-state index < -0.39 is 24.3 Å². The monoisotopic (exact) mass is 754 g/mol. The average Bonchev–Trinajstić information content (AvgIpc) is 3.11. The SMILES string of the molecule is CCCCCCCC/C=C\CCCCCCCCCC(=O)OC(COC(=O)CCCCCCCCCCCCC)COC(OCC[N+](C)(C)C)C(=O)[O-]. The molecule has 0 amide bonds. The highest BCUT2D eigenvalue weighted by molar-refractivity contribution is 5.70. The molecule has 0 aliphatic carbocycles. The summed E-state index contributed by atoms with van der Waals surface area (Å²) < 4.78 is 22.5. The van der Waals surface area contributed by atoms with E-state index in [1.54, 1.807) is 0 Å². The molecule has 0 bridgehead atoms. The van der Waals surface area contributed by atoms with Gasteiger partial charge in [-0.15, -0.1) is 0 Å². The number of aliphatic carboxylic acids is 1. The summed E-state index contributed by atoms with van der Waals surface area (Å²) in [5.41, 5.74) is 0. The minimum Gasteiger partial charge on any atom is -0.545 e. The first-order valence-electron chi connectivity index (χ1n) is 21.8. The van der Waals surface area contributed by atoms with Crippen molar-refractivity contribution in [1.82, 2.24) is 0 Å². The van der Waals surface area contributed by atoms with E-state index in [-0.39, 0.29) is 32.2 Å². The number of quaternary nitrogens is 1. The van der Waals surface area contributed by atoms with Crippen molar-refractivity contribution >= 4 is 17.9 Å². The van der Waals surface area contributed by atoms with Crippen molar-refractivity contribution in [2.75, 3.05) is 47.5 Å². The minimum absolute atomic E-state index is 0.150. The molecule has 9 nitrogen and oxygen atoms in total. The number of unbranched alkanes of at least 4 members (excludes halogenated alkanes) is 23. The van der Waals surface area contributed by atoms with Crippen LogP contribution in [0, 0.1) is 0 Å². The number of carboxylic acids is 1. The Morgan fingerprint density at radius 3 is 1.40 bits per heavy atom. The van der Waals surface area contributed by atoms with Gasteiger partial charge < -0.3 is 33.3 Å². The Balaban J connectivity index is 4.43. The highest BCUT2D eigenvalue weighted by Crippen LogP contribution is 2.14. The summed E-state index contributed by atoms with van der Waals surface area (Å²) in [6.07, 6.45) is 33.8. The molecule has 0 fully saturated rings. The van der Waals surface area contributed by atoms with Crippen molar-refractivity contribution in [1.29, 1.82) is 0 Å². The topological polar surface area (TPSA) is 111 Å². The number of carbonyl (C=O) groups is 3. The molecule has 0 aromatic carbocycles. The summed E-state index contributed by atoms with van der Waals surface area (Å²) in [6, 6.07) is 0. The first-order valence-corrected chi connectivity index (χ1v) is 21.8. The normalized spacial score (nSPS) is 13.0. The molecule has 0 radical (unpaired) electrons. The number of esters is 2. The number of likely N-dealkylation sites (N-methyl/N-ethyl adjacent to an activating group) is 1. The summed E-state index contributed by atoms with van der Waals surface area (Å²) in [6.45, 7) is 4.73. The van der Waals surface area contributed by atoms with Gasteiger partial charge in [0.1, 0.15) is 13.2 Å². The van der Waals surface area contributed by atoms with E-state index in [1.165, 1.54) is 116 Å². The van der Waals surface area contributed by atoms with Gasteiger partial charge in [0.2, 0.25) is 0 Å². The largest absolute Gasteiger partial charge is 0.545 e. The van der Waals surface area contributed by atoms with Crippen LogP contribution in [0.25, 0.3) is 0 Å². The maximum absolute atomic E-state index is 12.7. The highest BCUT2D eigenvalue weighted by atomic mass is 16.7. The smallest absolute Gasteiger partial charge is 0.306 e. The van der Waals surface area contributed by atoms with Crippen LogP contribution in [0.5, 0.6) is 0 Å². The molecule has 2 unspecified atom stereocenters. The molecule has 0 heterocycles. The molecule has 53 heavy (non-hydrogen) atoms. The lowest BCUT2D eigenvalue weighted by Crippen LogP contribution is -2.44. The van der Waals surface area contributed by atoms with Crippen LogP contribution >= 0.6 is 0 Å². The Kier molecular flexibility index (Phi) is 35.6. The molecule has 9 heteroatoms. The second-order valence-electron chi connectivity index (χ2n) is 16.0. The second-order valence-corrected chi connectivity index (χ2v) is 16.0. The second kappa shape index (κ2) is 37.0. The van der Waals surface area contributed by atoms with Crippen LogP contribution in [0.1, 0.15) is 194 Å². The lowest BCUT2D eigenvalue weighted by molar-refractivity contribution is -0.870. The fraction of sp³-hybridized carbons (Fsp3) is 0.886. The van der Waals surface area contributed by atoms with Crippen LogP contribution in [-0.2, 0) is 33.3 Å². The minimum atomic E-state index is -1.61. The first-order chi connectivity index (χ1) is 25.6. The zero-order chi connectivity index (χ0) is 39.3. The lowest BCUT2D eigenvalue weighted by Gasteiger charge is -2.26. The number of ether oxygens (including phenoxy) is 4. The predicted octanol–water partition coefficient (Wildman–Crippen LogP) is 9.78. The van der Waals surface area contributed by atoms with Gasteiger partial charge in [0, 0.05) is 12.8 Å². The molecule has 0 saturated carbocycles. The zero-order valence-corrected chi connectivity index (χ0v) is 35.2. The van der Waals surface area contributed by atoms with E-state index in [2.05, 4.69) is 26.0 Å². The van der Waals surface area contributed by atoms with Crippen LogP contribution in [0.15, 0.2) is 12.2 Å². The Bertz CT molecular complexity index is 887. The fourth-order valence-corrected chi connectivity index (χ4v) is 6.06. The number of carbonyl (C=O) groups excluding carboxylic acids is 3. The third kappa shape index (κ3) is 38.1. The molecule has 0 rings (SSSR count). The maximum atomic E-state index is 12.7. The van der Waals surface area contributed by atoms with Crippen LogP contribution in [-0.4, -0.2) is 82.3 Å². The van der Waals surface area contributed by atoms with Crippen LogP contribution in [0.2, 0.25) is 0 Å². The van der Waals surface area contributed by atoms with Gasteiger partial charge in [-0.05, 0) is 38.5 Å². The van der Waals surface area contributed by atoms with Gasteiger partial charge in [-0.2, -0.15) is 0 Å². The Labute approximate surface area is 325 Å². The van der Waals surface area contributed by atoms with Gasteiger partial charge in [0.25, 0.3) is 0 Å². The first kappa shape index (κ1) is 51.0. The molecule has 312 valence electrons. The van der Waals surface area contributed by atoms with Crippen molar-refractivity contribution < 1.29 is 42.9 Å². The van der Waals surface area contributed by atoms with E-state index in [4.69, 9.17) is 18.9 Å². The number of hydrogen-bond donors (Lipinski definition) is 0. The number of nitrogens with zero attached hydrogens (tertiary/aromatic N) is 1. The Hall–Kier alpha value is -1.97. The Morgan fingerprint density at radius 2 is 0.962 bits per heavy atom. The maximum Gasteiger partial charge on any atom is 0.306 e. The summed E-state index contributed by atoms with van der Waals surface area (Å²) in [4.78, 5) is 36.9. The van der Waals surface area contributed by atoms with Crippen LogP contribution in [0.4, 0.5) is 0 Å². The summed E-state index contributed by atoms with van der Waals surface area (Å²) in [5.74, 6) is -2.28. The number of rotatable bonds is 40. The summed E-state index contributed by atoms with van der Waals surface area (Å²) >= 11 is 0. The van der Waals surface area contributed by atoms with Crippen molar-refractivity contribution in [2.45, 2.75) is 206 Å². The third-order valence-electron chi connectivity index (χ3n) is 9.51. The molecule has 0 saturated heterocycles. The van der Waals surface area contributed by atoms with Gasteiger partial charge in [0.15, 0.2) is 12.4 Å². The van der Waals surface area contributed by atoms with Crippen LogP contribution in [0.3, 0.4) is 0 Å². The molecule has 0 aliphatic rings. The van der Waals surface area contributed by atoms with E-state index in [0.29, 0.717) is 23.9 Å². The molecule has 0 aliphatic heterocycles. The van der Waals surface area contributed by atoms with Gasteiger partial charge in [-0.25, -0.2) is 0 Å². The highest BCUT2D eigenvalue weighted by Gasteiger charge is 2.21. The molecule has 0 spiro atoms. The van der Waals surface area contributed by atoms with E-state index >= 15 is 0 Å². The van der Waals surface area contributed by atoms with Gasteiger partial charge in [0.05, 0.1) is 40.3 Å². The lowest BCUT2D eigenvalue weighted by atomic mass is 10.1. The quantitative estimate of drug-likeness (QED) is 0.0200. The molecular weight excluding hydrogens is 670 g/mol. The van der Waals surface area contributed by atoms with Crippen molar-refractivity contribution in [3.05, 3.63) is 12.2 Å². The molecule has 0 aromatic rings. The van der Waals surface area contributed by atoms with Crippen LogP contribution < -0.4 is 5.11 Å². The van der Waals surface area contributed by atoms with Crippen molar-refractivity contribution in [3.8, 4) is 0 Å².